The van der Waals surface area contributed by atoms with E-state index in [9.17, 15) is 8.42 Å². The molecule has 0 saturated carbocycles. The number of halogens is 1. The molecule has 8 heteroatoms. The third kappa shape index (κ3) is 3.32. The number of thiophene rings is 1. The third-order valence-corrected chi connectivity index (χ3v) is 5.94. The zero-order valence-electron chi connectivity index (χ0n) is 10.6. The van der Waals surface area contributed by atoms with Gasteiger partial charge in [0, 0.05) is 21.6 Å². The monoisotopic (exact) mass is 376 g/mol. The predicted molar refractivity (Wildman–Crippen MR) is 83.5 cm³/mol. The van der Waals surface area contributed by atoms with Gasteiger partial charge in [0.05, 0.1) is 7.11 Å². The number of methoxy groups -OCH3 is 1. The number of rotatable bonds is 5. The molecule has 0 aliphatic heterocycles. The Labute approximate surface area is 129 Å². The van der Waals surface area contributed by atoms with Crippen LogP contribution in [0, 0.1) is 0 Å². The van der Waals surface area contributed by atoms with Crippen molar-refractivity contribution in [2.75, 3.05) is 12.8 Å². The van der Waals surface area contributed by atoms with Gasteiger partial charge in [-0.05, 0) is 45.6 Å². The van der Waals surface area contributed by atoms with Gasteiger partial charge in [-0.1, -0.05) is 0 Å². The van der Waals surface area contributed by atoms with Crippen molar-refractivity contribution in [2.24, 2.45) is 0 Å². The molecular formula is C12H13BrN2O3S2. The van der Waals surface area contributed by atoms with Crippen LogP contribution in [0.15, 0.2) is 39.0 Å². The van der Waals surface area contributed by atoms with Crippen LogP contribution in [0.1, 0.15) is 4.88 Å². The van der Waals surface area contributed by atoms with E-state index in [0.717, 1.165) is 9.35 Å². The topological polar surface area (TPSA) is 81.4 Å². The Bertz CT molecular complexity index is 713. The first-order valence-corrected chi connectivity index (χ1v) is 8.74. The molecule has 1 aromatic heterocycles. The summed E-state index contributed by atoms with van der Waals surface area (Å²) >= 11 is 4.83. The van der Waals surface area contributed by atoms with Crippen LogP contribution in [0.3, 0.4) is 0 Å². The van der Waals surface area contributed by atoms with E-state index in [0.29, 0.717) is 5.69 Å². The maximum absolute atomic E-state index is 12.3. The van der Waals surface area contributed by atoms with Crippen LogP contribution < -0.4 is 15.2 Å². The molecule has 0 aliphatic rings. The molecule has 2 rings (SSSR count). The highest BCUT2D eigenvalue weighted by Gasteiger charge is 2.20. The maximum atomic E-state index is 12.3. The number of nitrogens with one attached hydrogen (secondary N) is 1. The van der Waals surface area contributed by atoms with Crippen molar-refractivity contribution >= 4 is 43.0 Å². The van der Waals surface area contributed by atoms with Gasteiger partial charge < -0.3 is 10.5 Å². The molecule has 5 nitrogen and oxygen atoms in total. The van der Waals surface area contributed by atoms with Crippen molar-refractivity contribution < 1.29 is 13.2 Å². The molecule has 0 spiro atoms. The molecule has 0 radical (unpaired) electrons. The molecule has 1 aromatic carbocycles. The molecule has 20 heavy (non-hydrogen) atoms. The molecule has 0 unspecified atom stereocenters. The maximum Gasteiger partial charge on any atom is 0.244 e. The Morgan fingerprint density at radius 2 is 2.15 bits per heavy atom. The van der Waals surface area contributed by atoms with E-state index in [1.54, 1.807) is 6.07 Å². The summed E-state index contributed by atoms with van der Waals surface area (Å²) in [4.78, 5) is 0.934. The molecule has 1 heterocycles. The van der Waals surface area contributed by atoms with E-state index in [1.807, 2.05) is 11.4 Å². The molecule has 0 aliphatic carbocycles. The molecule has 0 fully saturated rings. The van der Waals surface area contributed by atoms with Gasteiger partial charge in [0.25, 0.3) is 0 Å². The number of anilines is 1. The molecule has 0 atom stereocenters. The smallest absolute Gasteiger partial charge is 0.244 e. The van der Waals surface area contributed by atoms with E-state index >= 15 is 0 Å². The zero-order chi connectivity index (χ0) is 14.8. The number of sulfonamides is 1. The minimum absolute atomic E-state index is 0.0349. The Hall–Kier alpha value is -1.09. The van der Waals surface area contributed by atoms with E-state index in [-0.39, 0.29) is 17.2 Å². The summed E-state index contributed by atoms with van der Waals surface area (Å²) in [6.45, 7) is 0.207. The molecular weight excluding hydrogens is 364 g/mol. The number of ether oxygens (including phenoxy) is 1. The van der Waals surface area contributed by atoms with Crippen LogP contribution in [0.2, 0.25) is 0 Å². The number of hydrogen-bond donors (Lipinski definition) is 2. The van der Waals surface area contributed by atoms with Crippen molar-refractivity contribution in [2.45, 2.75) is 11.4 Å². The van der Waals surface area contributed by atoms with Gasteiger partial charge in [0.1, 0.15) is 10.6 Å². The van der Waals surface area contributed by atoms with Crippen molar-refractivity contribution in [3.8, 4) is 5.75 Å². The fourth-order valence-electron chi connectivity index (χ4n) is 1.59. The minimum Gasteiger partial charge on any atom is -0.495 e. The quantitative estimate of drug-likeness (QED) is 0.785. The van der Waals surface area contributed by atoms with E-state index in [4.69, 9.17) is 10.5 Å². The molecule has 2 aromatic rings. The third-order valence-electron chi connectivity index (χ3n) is 2.59. The van der Waals surface area contributed by atoms with Crippen molar-refractivity contribution in [1.82, 2.24) is 4.72 Å². The summed E-state index contributed by atoms with van der Waals surface area (Å²) in [5.74, 6) is 0.261. The summed E-state index contributed by atoms with van der Waals surface area (Å²) in [7, 11) is -2.27. The first-order chi connectivity index (χ1) is 9.44. The molecule has 0 bridgehead atoms. The van der Waals surface area contributed by atoms with Crippen LogP contribution in [0.4, 0.5) is 5.69 Å². The van der Waals surface area contributed by atoms with Crippen molar-refractivity contribution in [3.05, 3.63) is 39.0 Å². The lowest BCUT2D eigenvalue weighted by molar-refractivity contribution is 0.402. The summed E-state index contributed by atoms with van der Waals surface area (Å²) in [6, 6.07) is 6.37. The van der Waals surface area contributed by atoms with Crippen LogP contribution in [0.25, 0.3) is 0 Å². The predicted octanol–water partition coefficient (Wildman–Crippen LogP) is 2.58. The number of nitrogen functional groups attached to an aromatic ring is 1. The van der Waals surface area contributed by atoms with Crippen LogP contribution in [0.5, 0.6) is 5.75 Å². The summed E-state index contributed by atoms with van der Waals surface area (Å²) in [5, 5.41) is 1.88. The average molecular weight is 377 g/mol. The summed E-state index contributed by atoms with van der Waals surface area (Å²) < 4.78 is 33.1. The second-order valence-corrected chi connectivity index (χ2v) is 7.52. The second kappa shape index (κ2) is 6.13. The first-order valence-electron chi connectivity index (χ1n) is 5.59. The van der Waals surface area contributed by atoms with Gasteiger partial charge in [-0.2, -0.15) is 0 Å². The molecule has 3 N–H and O–H groups in total. The fourth-order valence-corrected chi connectivity index (χ4v) is 4.31. The first kappa shape index (κ1) is 15.3. The average Bonchev–Trinajstić information content (AvgIpc) is 2.82. The largest absolute Gasteiger partial charge is 0.495 e. The van der Waals surface area contributed by atoms with Gasteiger partial charge in [-0.25, -0.2) is 13.1 Å². The van der Waals surface area contributed by atoms with Gasteiger partial charge in [0.15, 0.2) is 0 Å². The highest BCUT2D eigenvalue weighted by Crippen LogP contribution is 2.27. The highest BCUT2D eigenvalue weighted by molar-refractivity contribution is 9.10. The summed E-state index contributed by atoms with van der Waals surface area (Å²) in [5.41, 5.74) is 6.00. The van der Waals surface area contributed by atoms with Crippen LogP contribution in [-0.4, -0.2) is 15.5 Å². The fraction of sp³-hybridized carbons (Fsp3) is 0.167. The van der Waals surface area contributed by atoms with E-state index < -0.39 is 10.0 Å². The zero-order valence-corrected chi connectivity index (χ0v) is 13.8. The summed E-state index contributed by atoms with van der Waals surface area (Å²) in [6.07, 6.45) is 0. The van der Waals surface area contributed by atoms with Gasteiger partial charge in [-0.15, -0.1) is 11.3 Å². The molecule has 108 valence electrons. The van der Waals surface area contributed by atoms with Crippen molar-refractivity contribution in [1.29, 1.82) is 0 Å². The highest BCUT2D eigenvalue weighted by atomic mass is 79.9. The standard InChI is InChI=1S/C12H13BrN2O3S2/c1-18-10-3-2-8(14)6-12(10)20(16,17)15-7-11-9(13)4-5-19-11/h2-6,15H,7,14H2,1H3. The van der Waals surface area contributed by atoms with Crippen LogP contribution >= 0.6 is 27.3 Å². The lowest BCUT2D eigenvalue weighted by Crippen LogP contribution is -2.23. The lowest BCUT2D eigenvalue weighted by atomic mass is 10.3. The minimum atomic E-state index is -3.69. The van der Waals surface area contributed by atoms with Gasteiger partial charge >= 0.3 is 0 Å². The van der Waals surface area contributed by atoms with E-state index in [1.165, 1.54) is 30.6 Å². The Balaban J connectivity index is 2.26. The lowest BCUT2D eigenvalue weighted by Gasteiger charge is -2.11. The Morgan fingerprint density at radius 1 is 1.40 bits per heavy atom. The van der Waals surface area contributed by atoms with Gasteiger partial charge in [-0.3, -0.25) is 0 Å². The number of nitrogens with two attached hydrogens (primary N) is 1. The normalized spacial score (nSPS) is 11.5. The Kier molecular flexibility index (Phi) is 4.69. The van der Waals surface area contributed by atoms with Crippen molar-refractivity contribution in [3.63, 3.8) is 0 Å². The van der Waals surface area contributed by atoms with Crippen LogP contribution in [-0.2, 0) is 16.6 Å². The SMILES string of the molecule is COc1ccc(N)cc1S(=O)(=O)NCc1sccc1Br. The Morgan fingerprint density at radius 3 is 2.75 bits per heavy atom. The van der Waals surface area contributed by atoms with E-state index in [2.05, 4.69) is 20.7 Å². The number of hydrogen-bond acceptors (Lipinski definition) is 5. The molecule has 0 saturated heterocycles. The van der Waals surface area contributed by atoms with Gasteiger partial charge in [0.2, 0.25) is 10.0 Å². The number of benzene rings is 1. The molecule has 0 amide bonds. The second-order valence-electron chi connectivity index (χ2n) is 3.93.